The summed E-state index contributed by atoms with van der Waals surface area (Å²) in [7, 11) is 1.60. The molecule has 0 unspecified atom stereocenters. The van der Waals surface area contributed by atoms with Gasteiger partial charge in [-0.3, -0.25) is 10.1 Å². The van der Waals surface area contributed by atoms with E-state index >= 15 is 0 Å². The maximum absolute atomic E-state index is 12.4. The lowest BCUT2D eigenvalue weighted by molar-refractivity contribution is -0.111. The van der Waals surface area contributed by atoms with E-state index in [0.717, 1.165) is 23.2 Å². The molecule has 3 aromatic rings. The van der Waals surface area contributed by atoms with E-state index in [-0.39, 0.29) is 12.0 Å². The minimum atomic E-state index is -0.224. The second-order valence-corrected chi connectivity index (χ2v) is 8.99. The van der Waals surface area contributed by atoms with Gasteiger partial charge in [0.25, 0.3) is 0 Å². The standard InChI is InChI=1S/C26H28N2O3S/c1-17(2)31-23-12-8-18(14-24(23)30-3)9-13-25(29)28-26-27-22(16-32-26)21-11-10-19-6-4-5-7-20(19)15-21/h8-17H,4-7H2,1-3H3,(H,27,28,29)/b13-9+. The van der Waals surface area contributed by atoms with E-state index in [4.69, 9.17) is 9.47 Å². The summed E-state index contributed by atoms with van der Waals surface area (Å²) < 4.78 is 11.1. The number of anilines is 1. The summed E-state index contributed by atoms with van der Waals surface area (Å²) in [6, 6.07) is 12.2. The number of fused-ring (bicyclic) bond motifs is 1. The first-order chi connectivity index (χ1) is 15.5. The van der Waals surface area contributed by atoms with Crippen molar-refractivity contribution in [3.63, 3.8) is 0 Å². The highest BCUT2D eigenvalue weighted by Gasteiger charge is 2.12. The van der Waals surface area contributed by atoms with Crippen molar-refractivity contribution in [2.24, 2.45) is 0 Å². The van der Waals surface area contributed by atoms with Crippen LogP contribution in [-0.4, -0.2) is 24.1 Å². The SMILES string of the molecule is COc1cc(/C=C/C(=O)Nc2nc(-c3ccc4c(c3)CCCC4)cs2)ccc1OC(C)C. The first kappa shape index (κ1) is 22.1. The largest absolute Gasteiger partial charge is 0.493 e. The fraction of sp³-hybridized carbons (Fsp3) is 0.308. The molecule has 1 aliphatic rings. The molecule has 0 atom stereocenters. The normalized spacial score (nSPS) is 13.2. The molecule has 0 aliphatic heterocycles. The molecule has 166 valence electrons. The van der Waals surface area contributed by atoms with Gasteiger partial charge in [0.05, 0.1) is 18.9 Å². The number of aryl methyl sites for hydroxylation is 2. The predicted molar refractivity (Wildman–Crippen MR) is 131 cm³/mol. The van der Waals surface area contributed by atoms with Crippen molar-refractivity contribution < 1.29 is 14.3 Å². The molecule has 4 rings (SSSR count). The van der Waals surface area contributed by atoms with E-state index < -0.39 is 0 Å². The van der Waals surface area contributed by atoms with Crippen molar-refractivity contribution in [2.45, 2.75) is 45.6 Å². The second-order valence-electron chi connectivity index (χ2n) is 8.13. The lowest BCUT2D eigenvalue weighted by atomic mass is 9.90. The van der Waals surface area contributed by atoms with E-state index in [1.54, 1.807) is 13.2 Å². The number of rotatable bonds is 7. The Labute approximate surface area is 193 Å². The highest BCUT2D eigenvalue weighted by atomic mass is 32.1. The molecule has 0 bridgehead atoms. The summed E-state index contributed by atoms with van der Waals surface area (Å²) in [5, 5.41) is 5.43. The van der Waals surface area contributed by atoms with Gasteiger partial charge in [0.2, 0.25) is 5.91 Å². The molecule has 1 heterocycles. The van der Waals surface area contributed by atoms with E-state index in [1.165, 1.54) is 47.8 Å². The number of methoxy groups -OCH3 is 1. The monoisotopic (exact) mass is 448 g/mol. The van der Waals surface area contributed by atoms with Crippen LogP contribution in [0.4, 0.5) is 5.13 Å². The fourth-order valence-electron chi connectivity index (χ4n) is 3.81. The molecule has 1 amide bonds. The van der Waals surface area contributed by atoms with E-state index in [9.17, 15) is 4.79 Å². The first-order valence-corrected chi connectivity index (χ1v) is 11.8. The topological polar surface area (TPSA) is 60.5 Å². The molecule has 0 saturated heterocycles. The fourth-order valence-corrected chi connectivity index (χ4v) is 4.54. The molecule has 1 aromatic heterocycles. The van der Waals surface area contributed by atoms with Crippen LogP contribution in [0.1, 0.15) is 43.4 Å². The smallest absolute Gasteiger partial charge is 0.250 e. The van der Waals surface area contributed by atoms with Crippen molar-refractivity contribution in [3.8, 4) is 22.8 Å². The highest BCUT2D eigenvalue weighted by molar-refractivity contribution is 7.14. The zero-order valence-corrected chi connectivity index (χ0v) is 19.5. The second kappa shape index (κ2) is 10.0. The number of nitrogens with zero attached hydrogens (tertiary/aromatic N) is 1. The first-order valence-electron chi connectivity index (χ1n) is 10.9. The summed E-state index contributed by atoms with van der Waals surface area (Å²) in [6.07, 6.45) is 8.12. The Kier molecular flexibility index (Phi) is 6.90. The number of carbonyl (C=O) groups excluding carboxylic acids is 1. The maximum atomic E-state index is 12.4. The van der Waals surface area contributed by atoms with E-state index in [0.29, 0.717) is 16.6 Å². The van der Waals surface area contributed by atoms with Gasteiger partial charge in [-0.15, -0.1) is 11.3 Å². The molecule has 32 heavy (non-hydrogen) atoms. The number of thiazole rings is 1. The molecule has 2 aromatic carbocycles. The molecule has 0 radical (unpaired) electrons. The Morgan fingerprint density at radius 1 is 1.09 bits per heavy atom. The van der Waals surface area contributed by atoms with Crippen LogP contribution >= 0.6 is 11.3 Å². The number of hydrogen-bond donors (Lipinski definition) is 1. The van der Waals surface area contributed by atoms with Crippen LogP contribution in [0.25, 0.3) is 17.3 Å². The Balaban J connectivity index is 1.41. The van der Waals surface area contributed by atoms with Gasteiger partial charge in [0.15, 0.2) is 16.6 Å². The van der Waals surface area contributed by atoms with Crippen molar-refractivity contribution in [1.82, 2.24) is 4.98 Å². The predicted octanol–water partition coefficient (Wildman–Crippen LogP) is 6.14. The van der Waals surface area contributed by atoms with Crippen LogP contribution in [0.15, 0.2) is 47.9 Å². The number of hydrogen-bond acceptors (Lipinski definition) is 5. The number of aromatic nitrogens is 1. The Morgan fingerprint density at radius 3 is 2.69 bits per heavy atom. The lowest BCUT2D eigenvalue weighted by Crippen LogP contribution is -2.07. The van der Waals surface area contributed by atoms with Gasteiger partial charge in [0, 0.05) is 17.0 Å². The van der Waals surface area contributed by atoms with Crippen LogP contribution in [-0.2, 0) is 17.6 Å². The molecule has 1 N–H and O–H groups in total. The molecular formula is C26H28N2O3S. The Morgan fingerprint density at radius 2 is 1.91 bits per heavy atom. The summed E-state index contributed by atoms with van der Waals surface area (Å²) in [5.41, 5.74) is 5.73. The van der Waals surface area contributed by atoms with Crippen LogP contribution in [0.5, 0.6) is 11.5 Å². The van der Waals surface area contributed by atoms with Crippen LogP contribution in [0.2, 0.25) is 0 Å². The average molecular weight is 449 g/mol. The lowest BCUT2D eigenvalue weighted by Gasteiger charge is -2.16. The maximum Gasteiger partial charge on any atom is 0.250 e. The Hall–Kier alpha value is -3.12. The zero-order chi connectivity index (χ0) is 22.5. The summed E-state index contributed by atoms with van der Waals surface area (Å²) in [6.45, 7) is 3.93. The van der Waals surface area contributed by atoms with Crippen LogP contribution < -0.4 is 14.8 Å². The molecule has 1 aliphatic carbocycles. The molecule has 6 heteroatoms. The number of nitrogens with one attached hydrogen (secondary N) is 1. The minimum Gasteiger partial charge on any atom is -0.493 e. The third-order valence-corrected chi connectivity index (χ3v) is 6.11. The van der Waals surface area contributed by atoms with Crippen molar-refractivity contribution in [1.29, 1.82) is 0 Å². The summed E-state index contributed by atoms with van der Waals surface area (Å²) >= 11 is 1.43. The number of ether oxygens (including phenoxy) is 2. The minimum absolute atomic E-state index is 0.0561. The molecule has 0 spiro atoms. The van der Waals surface area contributed by atoms with E-state index in [1.807, 2.05) is 37.4 Å². The molecule has 0 saturated carbocycles. The average Bonchev–Trinajstić information content (AvgIpc) is 3.26. The molecule has 5 nitrogen and oxygen atoms in total. The molecule has 0 fully saturated rings. The van der Waals surface area contributed by atoms with Gasteiger partial charge in [-0.2, -0.15) is 0 Å². The number of carbonyl (C=O) groups is 1. The number of amides is 1. The van der Waals surface area contributed by atoms with Gasteiger partial charge in [-0.25, -0.2) is 4.98 Å². The third kappa shape index (κ3) is 5.37. The Bertz CT molecular complexity index is 1130. The van der Waals surface area contributed by atoms with Crippen LogP contribution in [0.3, 0.4) is 0 Å². The van der Waals surface area contributed by atoms with Gasteiger partial charge >= 0.3 is 0 Å². The van der Waals surface area contributed by atoms with Gasteiger partial charge < -0.3 is 9.47 Å². The quantitative estimate of drug-likeness (QED) is 0.441. The van der Waals surface area contributed by atoms with Gasteiger partial charge in [-0.1, -0.05) is 18.2 Å². The zero-order valence-electron chi connectivity index (χ0n) is 18.7. The van der Waals surface area contributed by atoms with Crippen LogP contribution in [0, 0.1) is 0 Å². The third-order valence-electron chi connectivity index (χ3n) is 5.36. The van der Waals surface area contributed by atoms with Gasteiger partial charge in [0.1, 0.15) is 0 Å². The van der Waals surface area contributed by atoms with Gasteiger partial charge in [-0.05, 0) is 80.5 Å². The van der Waals surface area contributed by atoms with Crippen molar-refractivity contribution >= 4 is 28.5 Å². The molecular weight excluding hydrogens is 420 g/mol. The summed E-state index contributed by atoms with van der Waals surface area (Å²) in [5.74, 6) is 1.09. The highest BCUT2D eigenvalue weighted by Crippen LogP contribution is 2.31. The van der Waals surface area contributed by atoms with Crippen molar-refractivity contribution in [2.75, 3.05) is 12.4 Å². The summed E-state index contributed by atoms with van der Waals surface area (Å²) in [4.78, 5) is 17.0. The van der Waals surface area contributed by atoms with Crippen molar-refractivity contribution in [3.05, 3.63) is 64.5 Å². The van der Waals surface area contributed by atoms with E-state index in [2.05, 4.69) is 28.5 Å². The number of benzene rings is 2.